The van der Waals surface area contributed by atoms with Gasteiger partial charge in [-0.05, 0) is 57.1 Å². The fourth-order valence-electron chi connectivity index (χ4n) is 4.47. The van der Waals surface area contributed by atoms with Crippen molar-refractivity contribution in [1.82, 2.24) is 15.0 Å². The van der Waals surface area contributed by atoms with Gasteiger partial charge in [0.1, 0.15) is 11.8 Å². The van der Waals surface area contributed by atoms with E-state index in [1.807, 2.05) is 0 Å². The van der Waals surface area contributed by atoms with Crippen LogP contribution >= 0.6 is 0 Å². The molecule has 0 bridgehead atoms. The van der Waals surface area contributed by atoms with Crippen LogP contribution in [0.3, 0.4) is 0 Å². The minimum atomic E-state index is 0.733. The second kappa shape index (κ2) is 8.43. The van der Waals surface area contributed by atoms with E-state index in [0.717, 1.165) is 79.9 Å². The maximum Gasteiger partial charge on any atom is 0.229 e. The van der Waals surface area contributed by atoms with Crippen LogP contribution in [-0.4, -0.2) is 41.1 Å². The van der Waals surface area contributed by atoms with E-state index >= 15 is 0 Å². The fraction of sp³-hybridized carbons (Fsp3) is 0.591. The molecule has 0 aliphatic heterocycles. The van der Waals surface area contributed by atoms with Gasteiger partial charge in [0.15, 0.2) is 11.4 Å². The monoisotopic (exact) mass is 382 g/mol. The van der Waals surface area contributed by atoms with Crippen LogP contribution in [0.4, 0.5) is 5.82 Å². The predicted molar refractivity (Wildman–Crippen MR) is 113 cm³/mol. The molecule has 3 aromatic rings. The number of aryl methyl sites for hydroxylation is 2. The van der Waals surface area contributed by atoms with Crippen molar-refractivity contribution in [3.05, 3.63) is 23.1 Å². The largest absolute Gasteiger partial charge is 0.432 e. The smallest absolute Gasteiger partial charge is 0.229 e. The van der Waals surface area contributed by atoms with Crippen LogP contribution < -0.4 is 10.2 Å². The van der Waals surface area contributed by atoms with Crippen LogP contribution in [0.15, 0.2) is 10.7 Å². The maximum atomic E-state index is 6.24. The molecule has 0 aromatic carbocycles. The van der Waals surface area contributed by atoms with Gasteiger partial charge in [-0.3, -0.25) is 0 Å². The van der Waals surface area contributed by atoms with Gasteiger partial charge in [0, 0.05) is 5.69 Å². The van der Waals surface area contributed by atoms with Crippen LogP contribution in [0.1, 0.15) is 56.9 Å². The molecule has 0 saturated heterocycles. The number of nitrogens with one attached hydrogen (secondary N) is 2. The predicted octanol–water partition coefficient (Wildman–Crippen LogP) is 2.94. The summed E-state index contributed by atoms with van der Waals surface area (Å²) in [7, 11) is 0. The van der Waals surface area contributed by atoms with Crippen molar-refractivity contribution in [3.63, 3.8) is 0 Å². The number of pyridine rings is 1. The van der Waals surface area contributed by atoms with Crippen molar-refractivity contribution < 1.29 is 9.32 Å². The lowest BCUT2D eigenvalue weighted by atomic mass is 9.88. The van der Waals surface area contributed by atoms with Gasteiger partial charge in [-0.2, -0.15) is 0 Å². The number of hydrogen-bond acceptors (Lipinski definition) is 5. The van der Waals surface area contributed by atoms with Gasteiger partial charge in [0.25, 0.3) is 0 Å². The molecular formula is C22H32N5O+. The number of nitrogens with zero attached hydrogens (tertiary/aromatic N) is 3. The first kappa shape index (κ1) is 19.1. The Morgan fingerprint density at radius 2 is 1.86 bits per heavy atom. The highest BCUT2D eigenvalue weighted by Crippen LogP contribution is 2.37. The summed E-state index contributed by atoms with van der Waals surface area (Å²) < 4.78 is 6.24. The zero-order valence-corrected chi connectivity index (χ0v) is 17.4. The second-order valence-corrected chi connectivity index (χ2v) is 7.79. The zero-order valence-electron chi connectivity index (χ0n) is 17.4. The number of fused-ring (bicyclic) bond motifs is 5. The molecule has 150 valence electrons. The van der Waals surface area contributed by atoms with E-state index in [4.69, 9.17) is 9.40 Å². The Morgan fingerprint density at radius 1 is 1.07 bits per heavy atom. The van der Waals surface area contributed by atoms with E-state index in [1.54, 1.807) is 11.2 Å². The van der Waals surface area contributed by atoms with Gasteiger partial charge in [-0.15, -0.1) is 0 Å². The molecular weight excluding hydrogens is 350 g/mol. The molecule has 6 heteroatoms. The van der Waals surface area contributed by atoms with Gasteiger partial charge < -0.3 is 14.6 Å². The third kappa shape index (κ3) is 3.46. The van der Waals surface area contributed by atoms with E-state index in [9.17, 15) is 0 Å². The minimum absolute atomic E-state index is 0.733. The van der Waals surface area contributed by atoms with Crippen LogP contribution in [0, 0.1) is 0 Å². The molecule has 1 aliphatic carbocycles. The number of anilines is 1. The topological polar surface area (TPSA) is 68.3 Å². The standard InChI is InChI=1S/C22H31N5O/c1-4-9-17-15-10-7-8-11-16(15)18-19-20(28-22(18)26-17)21(25-14-24-19)23-12-13-27(5-2)6-3/h14H,4-13H2,1-3H3,(H,23,24,25)/p+1. The van der Waals surface area contributed by atoms with E-state index in [1.165, 1.54) is 29.7 Å². The molecule has 0 radical (unpaired) electrons. The van der Waals surface area contributed by atoms with E-state index in [2.05, 4.69) is 36.1 Å². The second-order valence-electron chi connectivity index (χ2n) is 7.79. The molecule has 1 aliphatic rings. The molecule has 2 N–H and O–H groups in total. The molecule has 3 heterocycles. The van der Waals surface area contributed by atoms with Crippen LogP contribution in [0.25, 0.3) is 22.2 Å². The minimum Gasteiger partial charge on any atom is -0.432 e. The molecule has 4 rings (SSSR count). The molecule has 0 atom stereocenters. The summed E-state index contributed by atoms with van der Waals surface area (Å²) >= 11 is 0. The fourth-order valence-corrected chi connectivity index (χ4v) is 4.47. The highest BCUT2D eigenvalue weighted by molar-refractivity contribution is 6.06. The van der Waals surface area contributed by atoms with Crippen molar-refractivity contribution in [2.75, 3.05) is 31.5 Å². The SMILES string of the molecule is CCCc1nc2oc3c(NCC[NH+](CC)CC)ncnc3c2c2c1CCCC2. The average Bonchev–Trinajstić information content (AvgIpc) is 3.11. The quantitative estimate of drug-likeness (QED) is 0.627. The Hall–Kier alpha value is -2.21. The van der Waals surface area contributed by atoms with Crippen LogP contribution in [-0.2, 0) is 19.3 Å². The number of likely N-dealkylation sites (N-methyl/N-ethyl adjacent to an activating group) is 1. The summed E-state index contributed by atoms with van der Waals surface area (Å²) in [6.07, 6.45) is 8.47. The third-order valence-corrected chi connectivity index (χ3v) is 6.07. The van der Waals surface area contributed by atoms with Gasteiger partial charge in [0.05, 0.1) is 31.6 Å². The highest BCUT2D eigenvalue weighted by Gasteiger charge is 2.24. The zero-order chi connectivity index (χ0) is 19.5. The Labute approximate surface area is 166 Å². The first-order chi connectivity index (χ1) is 13.8. The van der Waals surface area contributed by atoms with Gasteiger partial charge >= 0.3 is 0 Å². The molecule has 0 saturated carbocycles. The normalized spacial score (nSPS) is 14.1. The van der Waals surface area contributed by atoms with Gasteiger partial charge in [-0.1, -0.05) is 13.3 Å². The first-order valence-electron chi connectivity index (χ1n) is 10.9. The number of aromatic nitrogens is 3. The summed E-state index contributed by atoms with van der Waals surface area (Å²) in [4.78, 5) is 15.6. The molecule has 28 heavy (non-hydrogen) atoms. The van der Waals surface area contributed by atoms with Crippen LogP contribution in [0.5, 0.6) is 0 Å². The average molecular weight is 383 g/mol. The summed E-state index contributed by atoms with van der Waals surface area (Å²) in [5.41, 5.74) is 6.47. The molecule has 0 unspecified atom stereocenters. The molecule has 0 amide bonds. The molecule has 0 fully saturated rings. The lowest BCUT2D eigenvalue weighted by Crippen LogP contribution is -3.12. The van der Waals surface area contributed by atoms with E-state index < -0.39 is 0 Å². The number of rotatable bonds is 8. The van der Waals surface area contributed by atoms with Gasteiger partial charge in [-0.25, -0.2) is 15.0 Å². The Balaban J connectivity index is 1.75. The summed E-state index contributed by atoms with van der Waals surface area (Å²) in [5, 5.41) is 4.59. The molecule has 0 spiro atoms. The highest BCUT2D eigenvalue weighted by atomic mass is 16.3. The van der Waals surface area contributed by atoms with E-state index in [0.29, 0.717) is 0 Å². The first-order valence-corrected chi connectivity index (χ1v) is 10.9. The summed E-state index contributed by atoms with van der Waals surface area (Å²) in [6, 6.07) is 0. The summed E-state index contributed by atoms with van der Waals surface area (Å²) in [6.45, 7) is 10.9. The molecule has 6 nitrogen and oxygen atoms in total. The van der Waals surface area contributed by atoms with E-state index in [-0.39, 0.29) is 0 Å². The number of hydrogen-bond donors (Lipinski definition) is 2. The van der Waals surface area contributed by atoms with Crippen molar-refractivity contribution >= 4 is 28.0 Å². The maximum absolute atomic E-state index is 6.24. The lowest BCUT2D eigenvalue weighted by molar-refractivity contribution is -0.894. The Kier molecular flexibility index (Phi) is 5.76. The Bertz CT molecular complexity index is 961. The number of furan rings is 1. The number of quaternary nitrogens is 1. The summed E-state index contributed by atoms with van der Waals surface area (Å²) in [5.74, 6) is 0.788. The lowest BCUT2D eigenvalue weighted by Gasteiger charge is -2.19. The van der Waals surface area contributed by atoms with Crippen LogP contribution in [0.2, 0.25) is 0 Å². The van der Waals surface area contributed by atoms with Crippen molar-refractivity contribution in [3.8, 4) is 0 Å². The third-order valence-electron chi connectivity index (χ3n) is 6.07. The Morgan fingerprint density at radius 3 is 2.61 bits per heavy atom. The molecule has 3 aromatic heterocycles. The van der Waals surface area contributed by atoms with Crippen molar-refractivity contribution in [2.45, 2.75) is 59.3 Å². The van der Waals surface area contributed by atoms with Crippen molar-refractivity contribution in [2.24, 2.45) is 0 Å². The van der Waals surface area contributed by atoms with Crippen molar-refractivity contribution in [1.29, 1.82) is 0 Å². The van der Waals surface area contributed by atoms with Gasteiger partial charge in [0.2, 0.25) is 5.71 Å².